The molecule has 3 rings (SSSR count). The molecule has 1 atom stereocenters. The summed E-state index contributed by atoms with van der Waals surface area (Å²) in [4.78, 5) is 20.9. The molecule has 1 aliphatic heterocycles. The Hall–Kier alpha value is -2.40. The molecule has 0 spiro atoms. The molecule has 0 radical (unpaired) electrons. The summed E-state index contributed by atoms with van der Waals surface area (Å²) in [6, 6.07) is 12.0. The third-order valence-electron chi connectivity index (χ3n) is 5.27. The first-order chi connectivity index (χ1) is 13.2. The van der Waals surface area contributed by atoms with Crippen molar-refractivity contribution in [3.63, 3.8) is 0 Å². The van der Waals surface area contributed by atoms with Gasteiger partial charge in [0, 0.05) is 39.1 Å². The zero-order valence-corrected chi connectivity index (χ0v) is 16.3. The lowest BCUT2D eigenvalue weighted by Crippen LogP contribution is -2.42. The summed E-state index contributed by atoms with van der Waals surface area (Å²) < 4.78 is 5.22. The number of nitrogens with zero attached hydrogens (tertiary/aromatic N) is 3. The Morgan fingerprint density at radius 2 is 2.11 bits per heavy atom. The van der Waals surface area contributed by atoms with Crippen LogP contribution in [0.1, 0.15) is 28.8 Å². The second kappa shape index (κ2) is 9.51. The van der Waals surface area contributed by atoms with Gasteiger partial charge in [0.1, 0.15) is 5.75 Å². The van der Waals surface area contributed by atoms with Crippen LogP contribution in [0.3, 0.4) is 0 Å². The van der Waals surface area contributed by atoms with Crippen molar-refractivity contribution in [1.82, 2.24) is 14.8 Å². The molecule has 1 aliphatic rings. The summed E-state index contributed by atoms with van der Waals surface area (Å²) in [5.74, 6) is 1.48. The predicted molar refractivity (Wildman–Crippen MR) is 107 cm³/mol. The number of likely N-dealkylation sites (tertiary alicyclic amines) is 1. The Bertz CT molecular complexity index is 718. The minimum atomic E-state index is 0.0541. The van der Waals surface area contributed by atoms with Crippen molar-refractivity contribution in [2.75, 3.05) is 40.3 Å². The summed E-state index contributed by atoms with van der Waals surface area (Å²) in [5, 5.41) is 0. The highest BCUT2D eigenvalue weighted by Gasteiger charge is 2.23. The molecule has 1 fully saturated rings. The van der Waals surface area contributed by atoms with E-state index in [2.05, 4.69) is 22.0 Å². The highest BCUT2D eigenvalue weighted by molar-refractivity contribution is 5.93. The maximum absolute atomic E-state index is 12.5. The van der Waals surface area contributed by atoms with Crippen LogP contribution in [0.25, 0.3) is 0 Å². The molecule has 27 heavy (non-hydrogen) atoms. The summed E-state index contributed by atoms with van der Waals surface area (Å²) in [6.07, 6.45) is 6.76. The molecule has 2 heterocycles. The van der Waals surface area contributed by atoms with E-state index in [1.807, 2.05) is 36.2 Å². The van der Waals surface area contributed by atoms with E-state index in [9.17, 15) is 4.79 Å². The van der Waals surface area contributed by atoms with Crippen LogP contribution in [0.2, 0.25) is 0 Å². The monoisotopic (exact) mass is 367 g/mol. The van der Waals surface area contributed by atoms with Crippen LogP contribution in [0.4, 0.5) is 0 Å². The van der Waals surface area contributed by atoms with Crippen molar-refractivity contribution in [2.24, 2.45) is 5.92 Å². The normalized spacial score (nSPS) is 17.5. The summed E-state index contributed by atoms with van der Waals surface area (Å²) >= 11 is 0. The molecule has 1 aromatic carbocycles. The maximum atomic E-state index is 12.5. The fourth-order valence-corrected chi connectivity index (χ4v) is 3.76. The van der Waals surface area contributed by atoms with Crippen LogP contribution >= 0.6 is 0 Å². The van der Waals surface area contributed by atoms with Crippen molar-refractivity contribution in [1.29, 1.82) is 0 Å². The molecule has 2 aromatic rings. The molecule has 0 saturated carbocycles. The third-order valence-corrected chi connectivity index (χ3v) is 5.27. The van der Waals surface area contributed by atoms with Gasteiger partial charge in [0.2, 0.25) is 0 Å². The van der Waals surface area contributed by atoms with Crippen molar-refractivity contribution < 1.29 is 9.53 Å². The standard InChI is InChI=1S/C22H29N3O2/c1-24(22(26)20-6-3-12-23-15-20)16-19-5-4-13-25(17-19)14-11-18-7-9-21(27-2)10-8-18/h3,6-10,12,15,19H,4-5,11,13-14,16-17H2,1-2H3. The van der Waals surface area contributed by atoms with Crippen LogP contribution in [0.5, 0.6) is 5.75 Å². The van der Waals surface area contributed by atoms with Crippen LogP contribution < -0.4 is 4.74 Å². The van der Waals surface area contributed by atoms with E-state index in [1.54, 1.807) is 19.5 Å². The van der Waals surface area contributed by atoms with Gasteiger partial charge in [-0.3, -0.25) is 9.78 Å². The molecule has 1 unspecified atom stereocenters. The van der Waals surface area contributed by atoms with Crippen LogP contribution in [0, 0.1) is 5.92 Å². The molecule has 1 aromatic heterocycles. The lowest BCUT2D eigenvalue weighted by atomic mass is 9.97. The second-order valence-electron chi connectivity index (χ2n) is 7.33. The highest BCUT2D eigenvalue weighted by atomic mass is 16.5. The van der Waals surface area contributed by atoms with Gasteiger partial charge in [0.05, 0.1) is 12.7 Å². The summed E-state index contributed by atoms with van der Waals surface area (Å²) in [7, 11) is 3.59. The Labute approximate surface area is 162 Å². The van der Waals surface area contributed by atoms with Crippen molar-refractivity contribution >= 4 is 5.91 Å². The van der Waals surface area contributed by atoms with E-state index in [1.165, 1.54) is 18.4 Å². The van der Waals surface area contributed by atoms with Crippen molar-refractivity contribution in [3.8, 4) is 5.75 Å². The van der Waals surface area contributed by atoms with Crippen LogP contribution in [-0.2, 0) is 6.42 Å². The van der Waals surface area contributed by atoms with Gasteiger partial charge in [0.15, 0.2) is 0 Å². The molecule has 0 bridgehead atoms. The first kappa shape index (κ1) is 19.4. The van der Waals surface area contributed by atoms with Gasteiger partial charge < -0.3 is 14.5 Å². The molecule has 1 amide bonds. The number of carbonyl (C=O) groups is 1. The van der Waals surface area contributed by atoms with Gasteiger partial charge in [-0.15, -0.1) is 0 Å². The average molecular weight is 367 g/mol. The number of benzene rings is 1. The molecular weight excluding hydrogens is 338 g/mol. The zero-order valence-electron chi connectivity index (χ0n) is 16.3. The van der Waals surface area contributed by atoms with Crippen molar-refractivity contribution in [2.45, 2.75) is 19.3 Å². The number of rotatable bonds is 7. The van der Waals surface area contributed by atoms with E-state index in [0.29, 0.717) is 11.5 Å². The van der Waals surface area contributed by atoms with Gasteiger partial charge in [-0.1, -0.05) is 12.1 Å². The Morgan fingerprint density at radius 1 is 1.30 bits per heavy atom. The number of carbonyl (C=O) groups excluding carboxylic acids is 1. The quantitative estimate of drug-likeness (QED) is 0.754. The Balaban J connectivity index is 1.47. The minimum Gasteiger partial charge on any atom is -0.497 e. The van der Waals surface area contributed by atoms with Gasteiger partial charge in [-0.05, 0) is 61.6 Å². The topological polar surface area (TPSA) is 45.7 Å². The van der Waals surface area contributed by atoms with Gasteiger partial charge in [-0.2, -0.15) is 0 Å². The number of amides is 1. The van der Waals surface area contributed by atoms with Gasteiger partial charge >= 0.3 is 0 Å². The van der Waals surface area contributed by atoms with E-state index in [-0.39, 0.29) is 5.91 Å². The number of pyridine rings is 1. The number of aromatic nitrogens is 1. The molecule has 1 saturated heterocycles. The SMILES string of the molecule is COc1ccc(CCN2CCCC(CN(C)C(=O)c3cccnc3)C2)cc1. The fourth-order valence-electron chi connectivity index (χ4n) is 3.76. The molecule has 0 N–H and O–H groups in total. The molecule has 5 heteroatoms. The Morgan fingerprint density at radius 3 is 2.81 bits per heavy atom. The van der Waals surface area contributed by atoms with Gasteiger partial charge in [-0.25, -0.2) is 0 Å². The number of piperidine rings is 1. The zero-order chi connectivity index (χ0) is 19.1. The van der Waals surface area contributed by atoms with E-state index >= 15 is 0 Å². The van der Waals surface area contributed by atoms with E-state index < -0.39 is 0 Å². The lowest BCUT2D eigenvalue weighted by Gasteiger charge is -2.34. The van der Waals surface area contributed by atoms with E-state index in [0.717, 1.165) is 38.3 Å². The van der Waals surface area contributed by atoms with E-state index in [4.69, 9.17) is 4.74 Å². The number of methoxy groups -OCH3 is 1. The molecular formula is C22H29N3O2. The maximum Gasteiger partial charge on any atom is 0.255 e. The second-order valence-corrected chi connectivity index (χ2v) is 7.33. The number of hydrogen-bond acceptors (Lipinski definition) is 4. The van der Waals surface area contributed by atoms with Gasteiger partial charge in [0.25, 0.3) is 5.91 Å². The summed E-state index contributed by atoms with van der Waals surface area (Å²) in [5.41, 5.74) is 1.99. The lowest BCUT2D eigenvalue weighted by molar-refractivity contribution is 0.0730. The summed E-state index contributed by atoms with van der Waals surface area (Å²) in [6.45, 7) is 4.06. The fraction of sp³-hybridized carbons (Fsp3) is 0.455. The number of hydrogen-bond donors (Lipinski definition) is 0. The van der Waals surface area contributed by atoms with Crippen LogP contribution in [0.15, 0.2) is 48.8 Å². The average Bonchev–Trinajstić information content (AvgIpc) is 2.73. The largest absolute Gasteiger partial charge is 0.497 e. The smallest absolute Gasteiger partial charge is 0.255 e. The highest BCUT2D eigenvalue weighted by Crippen LogP contribution is 2.19. The first-order valence-electron chi connectivity index (χ1n) is 9.66. The molecule has 0 aliphatic carbocycles. The number of ether oxygens (including phenoxy) is 1. The van der Waals surface area contributed by atoms with Crippen molar-refractivity contribution in [3.05, 3.63) is 59.9 Å². The van der Waals surface area contributed by atoms with Crippen LogP contribution in [-0.4, -0.2) is 61.0 Å². The first-order valence-corrected chi connectivity index (χ1v) is 9.66. The minimum absolute atomic E-state index is 0.0541. The predicted octanol–water partition coefficient (Wildman–Crippen LogP) is 3.12. The third kappa shape index (κ3) is 5.54. The Kier molecular flexibility index (Phi) is 6.82. The molecule has 5 nitrogen and oxygen atoms in total. The molecule has 144 valence electrons.